The molecule has 0 saturated carbocycles. The number of benzene rings is 1. The number of amides is 1. The van der Waals surface area contributed by atoms with Crippen molar-refractivity contribution in [2.24, 2.45) is 0 Å². The first-order valence-electron chi connectivity index (χ1n) is 7.72. The highest BCUT2D eigenvalue weighted by atomic mass is 32.1. The van der Waals surface area contributed by atoms with Crippen LogP contribution < -0.4 is 0 Å². The lowest BCUT2D eigenvalue weighted by Crippen LogP contribution is -2.43. The van der Waals surface area contributed by atoms with Crippen molar-refractivity contribution < 1.29 is 14.3 Å². The van der Waals surface area contributed by atoms with E-state index in [4.69, 9.17) is 4.74 Å². The summed E-state index contributed by atoms with van der Waals surface area (Å²) < 4.78 is 4.95. The molecule has 5 nitrogen and oxygen atoms in total. The highest BCUT2D eigenvalue weighted by Gasteiger charge is 2.38. The minimum atomic E-state index is -0.677. The molecule has 3 aromatic rings. The van der Waals surface area contributed by atoms with Gasteiger partial charge in [0.15, 0.2) is 6.04 Å². The number of aromatic amines is 1. The molecule has 0 spiro atoms. The van der Waals surface area contributed by atoms with E-state index in [1.54, 1.807) is 16.2 Å². The molecule has 6 heteroatoms. The van der Waals surface area contributed by atoms with Gasteiger partial charge in [-0.3, -0.25) is 4.79 Å². The maximum Gasteiger partial charge on any atom is 0.333 e. The fourth-order valence-corrected chi connectivity index (χ4v) is 4.15. The summed E-state index contributed by atoms with van der Waals surface area (Å²) in [6.07, 6.45) is 0.756. The van der Waals surface area contributed by atoms with Gasteiger partial charge in [-0.1, -0.05) is 18.2 Å². The molecule has 0 aliphatic carbocycles. The number of nitrogens with zero attached hydrogens (tertiary/aromatic N) is 1. The summed E-state index contributed by atoms with van der Waals surface area (Å²) in [5, 5.41) is 2.93. The number of nitrogens with one attached hydrogen (secondary N) is 1. The molecule has 122 valence electrons. The molecule has 1 atom stereocenters. The van der Waals surface area contributed by atoms with E-state index in [0.717, 1.165) is 27.8 Å². The van der Waals surface area contributed by atoms with Gasteiger partial charge in [0.1, 0.15) is 5.69 Å². The van der Waals surface area contributed by atoms with Crippen LogP contribution >= 0.6 is 11.3 Å². The third-order valence-corrected chi connectivity index (χ3v) is 5.41. The number of carbonyl (C=O) groups excluding carboxylic acids is 2. The van der Waals surface area contributed by atoms with E-state index in [-0.39, 0.29) is 5.91 Å². The van der Waals surface area contributed by atoms with Crippen LogP contribution in [-0.4, -0.2) is 35.4 Å². The maximum atomic E-state index is 13.0. The lowest BCUT2D eigenvalue weighted by molar-refractivity contribution is -0.146. The number of carbonyl (C=O) groups is 2. The Morgan fingerprint density at radius 3 is 2.92 bits per heavy atom. The van der Waals surface area contributed by atoms with Crippen molar-refractivity contribution >= 4 is 34.1 Å². The average molecular weight is 340 g/mol. The number of methoxy groups -OCH3 is 1. The molecule has 0 radical (unpaired) electrons. The lowest BCUT2D eigenvalue weighted by atomic mass is 9.99. The van der Waals surface area contributed by atoms with Crippen LogP contribution in [0.4, 0.5) is 0 Å². The van der Waals surface area contributed by atoms with Crippen molar-refractivity contribution in [2.75, 3.05) is 13.7 Å². The Kier molecular flexibility index (Phi) is 3.61. The standard InChI is InChI=1S/C18H16N2O3S/c1-23-18(22)16-12-7-9-24-15(12)6-8-20(16)17(21)14-10-11-4-2-3-5-13(11)19-14/h2-5,7,9-10,16,19H,6,8H2,1H3. The van der Waals surface area contributed by atoms with Crippen molar-refractivity contribution in [3.8, 4) is 0 Å². The third kappa shape index (κ3) is 2.30. The molecular formula is C18H16N2O3S. The molecule has 4 rings (SSSR count). The second kappa shape index (κ2) is 5.79. The number of fused-ring (bicyclic) bond motifs is 2. The first-order chi connectivity index (χ1) is 11.7. The van der Waals surface area contributed by atoms with Gasteiger partial charge in [0.25, 0.3) is 5.91 Å². The number of esters is 1. The molecule has 1 aliphatic heterocycles. The van der Waals surface area contributed by atoms with E-state index < -0.39 is 12.0 Å². The summed E-state index contributed by atoms with van der Waals surface area (Å²) >= 11 is 1.62. The van der Waals surface area contributed by atoms with Crippen molar-refractivity contribution in [1.29, 1.82) is 0 Å². The van der Waals surface area contributed by atoms with Crippen LogP contribution in [-0.2, 0) is 16.0 Å². The molecule has 1 amide bonds. The predicted molar refractivity (Wildman–Crippen MR) is 92.1 cm³/mol. The molecule has 1 aromatic carbocycles. The SMILES string of the molecule is COC(=O)C1c2ccsc2CCN1C(=O)c1cc2ccccc2[nH]1. The Morgan fingerprint density at radius 2 is 2.12 bits per heavy atom. The lowest BCUT2D eigenvalue weighted by Gasteiger charge is -2.33. The number of thiophene rings is 1. The summed E-state index contributed by atoms with van der Waals surface area (Å²) in [4.78, 5) is 31.2. The normalized spacial score (nSPS) is 16.9. The van der Waals surface area contributed by atoms with Gasteiger partial charge in [0, 0.05) is 22.3 Å². The van der Waals surface area contributed by atoms with Gasteiger partial charge in [0.05, 0.1) is 7.11 Å². The second-order valence-electron chi connectivity index (χ2n) is 5.74. The van der Waals surface area contributed by atoms with Crippen molar-refractivity contribution in [3.63, 3.8) is 0 Å². The van der Waals surface area contributed by atoms with Crippen LogP contribution in [0.2, 0.25) is 0 Å². The largest absolute Gasteiger partial charge is 0.467 e. The van der Waals surface area contributed by atoms with E-state index >= 15 is 0 Å². The smallest absolute Gasteiger partial charge is 0.333 e. The molecule has 0 bridgehead atoms. The van der Waals surface area contributed by atoms with E-state index in [1.165, 1.54) is 7.11 Å². The number of para-hydroxylation sites is 1. The zero-order chi connectivity index (χ0) is 16.7. The van der Waals surface area contributed by atoms with Crippen LogP contribution in [0.3, 0.4) is 0 Å². The maximum absolute atomic E-state index is 13.0. The molecular weight excluding hydrogens is 324 g/mol. The zero-order valence-electron chi connectivity index (χ0n) is 13.1. The van der Waals surface area contributed by atoms with Crippen molar-refractivity contribution in [2.45, 2.75) is 12.5 Å². The van der Waals surface area contributed by atoms with Gasteiger partial charge in [-0.05, 0) is 35.6 Å². The fourth-order valence-electron chi connectivity index (χ4n) is 3.24. The molecule has 2 aromatic heterocycles. The Bertz CT molecular complexity index is 894. The number of hydrogen-bond donors (Lipinski definition) is 1. The molecule has 1 aliphatic rings. The Balaban J connectivity index is 1.73. The Morgan fingerprint density at radius 1 is 1.29 bits per heavy atom. The topological polar surface area (TPSA) is 62.4 Å². The molecule has 3 heterocycles. The molecule has 0 saturated heterocycles. The molecule has 0 fully saturated rings. The summed E-state index contributed by atoms with van der Waals surface area (Å²) in [5.74, 6) is -0.586. The monoisotopic (exact) mass is 340 g/mol. The minimum Gasteiger partial charge on any atom is -0.467 e. The second-order valence-corrected chi connectivity index (χ2v) is 6.74. The fraction of sp³-hybridized carbons (Fsp3) is 0.222. The molecule has 24 heavy (non-hydrogen) atoms. The van der Waals surface area contributed by atoms with Gasteiger partial charge in [-0.15, -0.1) is 11.3 Å². The zero-order valence-corrected chi connectivity index (χ0v) is 13.9. The van der Waals surface area contributed by atoms with Crippen LogP contribution in [0.15, 0.2) is 41.8 Å². The number of H-pyrrole nitrogens is 1. The van der Waals surface area contributed by atoms with Gasteiger partial charge < -0.3 is 14.6 Å². The van der Waals surface area contributed by atoms with E-state index in [1.807, 2.05) is 41.8 Å². The molecule has 1 N–H and O–H groups in total. The number of hydrogen-bond acceptors (Lipinski definition) is 4. The Hall–Kier alpha value is -2.60. The predicted octanol–water partition coefficient (Wildman–Crippen LogP) is 3.14. The summed E-state index contributed by atoms with van der Waals surface area (Å²) in [5.41, 5.74) is 2.27. The highest BCUT2D eigenvalue weighted by Crippen LogP contribution is 2.35. The van der Waals surface area contributed by atoms with Crippen LogP contribution in [0, 0.1) is 0 Å². The molecule has 1 unspecified atom stereocenters. The third-order valence-electron chi connectivity index (χ3n) is 4.41. The minimum absolute atomic E-state index is 0.182. The summed E-state index contributed by atoms with van der Waals surface area (Å²) in [6, 6.07) is 10.8. The van der Waals surface area contributed by atoms with E-state index in [2.05, 4.69) is 4.98 Å². The number of ether oxygens (including phenoxy) is 1. The van der Waals surface area contributed by atoms with Crippen LogP contribution in [0.25, 0.3) is 10.9 Å². The van der Waals surface area contributed by atoms with Crippen molar-refractivity contribution in [3.05, 3.63) is 57.9 Å². The van der Waals surface area contributed by atoms with Gasteiger partial charge in [0.2, 0.25) is 0 Å². The van der Waals surface area contributed by atoms with Crippen LogP contribution in [0.5, 0.6) is 0 Å². The van der Waals surface area contributed by atoms with E-state index in [0.29, 0.717) is 12.2 Å². The average Bonchev–Trinajstić information content (AvgIpc) is 3.25. The summed E-state index contributed by atoms with van der Waals surface area (Å²) in [6.45, 7) is 0.501. The van der Waals surface area contributed by atoms with Gasteiger partial charge in [-0.2, -0.15) is 0 Å². The van der Waals surface area contributed by atoms with Crippen LogP contribution in [0.1, 0.15) is 27.0 Å². The number of rotatable bonds is 2. The quantitative estimate of drug-likeness (QED) is 0.729. The van der Waals surface area contributed by atoms with Gasteiger partial charge >= 0.3 is 5.97 Å². The van der Waals surface area contributed by atoms with Gasteiger partial charge in [-0.25, -0.2) is 4.79 Å². The first-order valence-corrected chi connectivity index (χ1v) is 8.60. The number of aromatic nitrogens is 1. The first kappa shape index (κ1) is 15.0. The summed E-state index contributed by atoms with van der Waals surface area (Å²) in [7, 11) is 1.36. The highest BCUT2D eigenvalue weighted by molar-refractivity contribution is 7.10. The van der Waals surface area contributed by atoms with Crippen molar-refractivity contribution in [1.82, 2.24) is 9.88 Å². The Labute approximate surface area is 142 Å². The van der Waals surface area contributed by atoms with E-state index in [9.17, 15) is 9.59 Å².